The molecule has 0 amide bonds. The minimum Gasteiger partial charge on any atom is -0.497 e. The first-order valence-corrected chi connectivity index (χ1v) is 9.65. The predicted octanol–water partition coefficient (Wildman–Crippen LogP) is 3.53. The number of hydrogen-bond acceptors (Lipinski definition) is 5. The molecular formula is C19H23NO4S. The molecule has 0 aliphatic carbocycles. The van der Waals surface area contributed by atoms with Gasteiger partial charge in [0, 0.05) is 18.3 Å². The number of hydrogen-bond donors (Lipinski definition) is 1. The van der Waals surface area contributed by atoms with Crippen molar-refractivity contribution < 1.29 is 17.3 Å². The van der Waals surface area contributed by atoms with Crippen LogP contribution in [0.4, 0.5) is 5.69 Å². The molecule has 5 nitrogen and oxygen atoms in total. The average molecular weight is 361 g/mol. The lowest BCUT2D eigenvalue weighted by molar-refractivity contribution is 0.103. The molecule has 0 saturated heterocycles. The van der Waals surface area contributed by atoms with Crippen molar-refractivity contribution in [3.63, 3.8) is 0 Å². The number of fused-ring (bicyclic) bond motifs is 1. The van der Waals surface area contributed by atoms with Crippen molar-refractivity contribution in [1.29, 1.82) is 0 Å². The first-order chi connectivity index (χ1) is 11.8. The minimum absolute atomic E-state index is 0.183. The maximum atomic E-state index is 12.6. The second kappa shape index (κ2) is 6.69. The summed E-state index contributed by atoms with van der Waals surface area (Å²) >= 11 is 0. The van der Waals surface area contributed by atoms with Crippen LogP contribution in [0, 0.1) is 6.92 Å². The quantitative estimate of drug-likeness (QED) is 0.844. The van der Waals surface area contributed by atoms with E-state index in [9.17, 15) is 8.42 Å². The third-order valence-electron chi connectivity index (χ3n) is 4.51. The van der Waals surface area contributed by atoms with Gasteiger partial charge in [0.2, 0.25) is 0 Å². The summed E-state index contributed by atoms with van der Waals surface area (Å²) in [6, 6.07) is 12.5. The van der Waals surface area contributed by atoms with Crippen molar-refractivity contribution in [3.8, 4) is 5.75 Å². The third-order valence-corrected chi connectivity index (χ3v) is 5.98. The van der Waals surface area contributed by atoms with Crippen LogP contribution in [0.15, 0.2) is 47.4 Å². The Morgan fingerprint density at radius 3 is 2.52 bits per heavy atom. The first kappa shape index (κ1) is 17.8. The highest BCUT2D eigenvalue weighted by Crippen LogP contribution is 2.32. The molecule has 0 fully saturated rings. The maximum absolute atomic E-state index is 12.6. The van der Waals surface area contributed by atoms with Crippen LogP contribution in [0.1, 0.15) is 24.5 Å². The van der Waals surface area contributed by atoms with Gasteiger partial charge in [-0.2, -0.15) is 8.42 Å². The number of rotatable bonds is 4. The molecule has 1 aliphatic heterocycles. The summed E-state index contributed by atoms with van der Waals surface area (Å²) in [6.07, 6.45) is 1.33. The molecule has 0 radical (unpaired) electrons. The molecule has 6 heteroatoms. The molecule has 0 aromatic heterocycles. The molecular weight excluding hydrogens is 338 g/mol. The first-order valence-electron chi connectivity index (χ1n) is 8.24. The summed E-state index contributed by atoms with van der Waals surface area (Å²) in [5.41, 5.74) is 2.27. The number of nitrogens with one attached hydrogen (secondary N) is 1. The van der Waals surface area contributed by atoms with Gasteiger partial charge in [0.1, 0.15) is 11.4 Å². The molecule has 25 heavy (non-hydrogen) atoms. The van der Waals surface area contributed by atoms with Crippen LogP contribution in [0.3, 0.4) is 0 Å². The lowest BCUT2D eigenvalue weighted by Crippen LogP contribution is -2.38. The fraction of sp³-hybridized carbons (Fsp3) is 0.368. The number of ether oxygens (including phenoxy) is 1. The Morgan fingerprint density at radius 1 is 1.12 bits per heavy atom. The molecule has 0 bridgehead atoms. The highest BCUT2D eigenvalue weighted by molar-refractivity contribution is 7.86. The Balaban J connectivity index is 1.80. The zero-order valence-corrected chi connectivity index (χ0v) is 15.5. The summed E-state index contributed by atoms with van der Waals surface area (Å²) in [5.74, 6) is 0.767. The Labute approximate surface area is 149 Å². The second-order valence-corrected chi connectivity index (χ2v) is 8.22. The van der Waals surface area contributed by atoms with E-state index >= 15 is 0 Å². The van der Waals surface area contributed by atoms with Gasteiger partial charge in [0.15, 0.2) is 0 Å². The third kappa shape index (κ3) is 3.96. The van der Waals surface area contributed by atoms with Crippen LogP contribution in [0.2, 0.25) is 0 Å². The van der Waals surface area contributed by atoms with E-state index in [1.165, 1.54) is 0 Å². The van der Waals surface area contributed by atoms with Crippen LogP contribution in [-0.2, 0) is 20.7 Å². The van der Waals surface area contributed by atoms with E-state index in [1.54, 1.807) is 31.4 Å². The van der Waals surface area contributed by atoms with E-state index in [2.05, 4.69) is 5.32 Å². The van der Waals surface area contributed by atoms with Gasteiger partial charge >= 0.3 is 0 Å². The van der Waals surface area contributed by atoms with Gasteiger partial charge in [-0.1, -0.05) is 23.8 Å². The summed E-state index contributed by atoms with van der Waals surface area (Å²) < 4.78 is 36.2. The van der Waals surface area contributed by atoms with Crippen molar-refractivity contribution in [2.75, 3.05) is 19.0 Å². The molecule has 0 spiro atoms. The second-order valence-electron chi connectivity index (χ2n) is 6.68. The standard InChI is InChI=1S/C19H23NO4S/c1-14-4-8-17(9-5-14)25(21,22)24-19(2)11-10-15-6-7-16(23-3)12-18(15)20-13-19/h4-9,12,20H,10-11,13H2,1-3H3. The van der Waals surface area contributed by atoms with Crippen molar-refractivity contribution in [3.05, 3.63) is 53.6 Å². The zero-order valence-electron chi connectivity index (χ0n) is 14.7. The van der Waals surface area contributed by atoms with Crippen molar-refractivity contribution >= 4 is 15.8 Å². The van der Waals surface area contributed by atoms with Gasteiger partial charge < -0.3 is 10.1 Å². The molecule has 1 N–H and O–H groups in total. The molecule has 0 saturated carbocycles. The van der Waals surface area contributed by atoms with Gasteiger partial charge in [-0.25, -0.2) is 0 Å². The van der Waals surface area contributed by atoms with Gasteiger partial charge in [-0.15, -0.1) is 0 Å². The van der Waals surface area contributed by atoms with E-state index in [-0.39, 0.29) is 4.90 Å². The van der Waals surface area contributed by atoms with Crippen LogP contribution in [-0.4, -0.2) is 27.7 Å². The molecule has 1 atom stereocenters. The molecule has 1 unspecified atom stereocenters. The Hall–Kier alpha value is -2.05. The Kier molecular flexibility index (Phi) is 4.75. The van der Waals surface area contributed by atoms with Crippen molar-refractivity contribution in [2.24, 2.45) is 0 Å². The highest BCUT2D eigenvalue weighted by atomic mass is 32.2. The fourth-order valence-corrected chi connectivity index (χ4v) is 4.16. The summed E-state index contributed by atoms with van der Waals surface area (Å²) in [7, 11) is -2.19. The topological polar surface area (TPSA) is 64.6 Å². The highest BCUT2D eigenvalue weighted by Gasteiger charge is 2.34. The minimum atomic E-state index is -3.82. The maximum Gasteiger partial charge on any atom is 0.297 e. The van der Waals surface area contributed by atoms with E-state index in [0.29, 0.717) is 13.0 Å². The van der Waals surface area contributed by atoms with Crippen LogP contribution in [0.25, 0.3) is 0 Å². The Bertz CT molecular complexity index is 861. The van der Waals surface area contributed by atoms with Crippen LogP contribution in [0.5, 0.6) is 5.75 Å². The molecule has 134 valence electrons. The van der Waals surface area contributed by atoms with Gasteiger partial charge in [0.25, 0.3) is 10.1 Å². The monoisotopic (exact) mass is 361 g/mol. The lowest BCUT2D eigenvalue weighted by atomic mass is 9.99. The zero-order chi connectivity index (χ0) is 18.1. The summed E-state index contributed by atoms with van der Waals surface area (Å²) in [4.78, 5) is 0.183. The summed E-state index contributed by atoms with van der Waals surface area (Å²) in [5, 5.41) is 3.30. The lowest BCUT2D eigenvalue weighted by Gasteiger charge is -2.27. The smallest absolute Gasteiger partial charge is 0.297 e. The number of anilines is 1. The molecule has 2 aromatic rings. The fourth-order valence-electron chi connectivity index (χ4n) is 2.92. The largest absolute Gasteiger partial charge is 0.497 e. The van der Waals surface area contributed by atoms with Crippen molar-refractivity contribution in [2.45, 2.75) is 37.2 Å². The Morgan fingerprint density at radius 2 is 1.84 bits per heavy atom. The molecule has 2 aromatic carbocycles. The molecule has 1 heterocycles. The average Bonchev–Trinajstić information content (AvgIpc) is 2.74. The van der Waals surface area contributed by atoms with Gasteiger partial charge in [0.05, 0.1) is 12.0 Å². The number of methoxy groups -OCH3 is 1. The molecule has 1 aliphatic rings. The predicted molar refractivity (Wildman–Crippen MR) is 97.7 cm³/mol. The number of benzene rings is 2. The summed E-state index contributed by atoms with van der Waals surface area (Å²) in [6.45, 7) is 4.15. The normalized spacial score (nSPS) is 20.3. The van der Waals surface area contributed by atoms with E-state index < -0.39 is 15.7 Å². The van der Waals surface area contributed by atoms with Gasteiger partial charge in [-0.3, -0.25) is 4.18 Å². The number of aryl methyl sites for hydroxylation is 2. The van der Waals surface area contributed by atoms with Gasteiger partial charge in [-0.05, 0) is 50.5 Å². The van der Waals surface area contributed by atoms with E-state index in [0.717, 1.165) is 29.0 Å². The SMILES string of the molecule is COc1ccc2c(c1)NCC(C)(OS(=O)(=O)c1ccc(C)cc1)CC2. The van der Waals surface area contributed by atoms with E-state index in [1.807, 2.05) is 32.0 Å². The van der Waals surface area contributed by atoms with Crippen LogP contribution < -0.4 is 10.1 Å². The van der Waals surface area contributed by atoms with E-state index in [4.69, 9.17) is 8.92 Å². The van der Waals surface area contributed by atoms with Crippen molar-refractivity contribution in [1.82, 2.24) is 0 Å². The molecule has 3 rings (SSSR count). The van der Waals surface area contributed by atoms with Crippen LogP contribution >= 0.6 is 0 Å².